The van der Waals surface area contributed by atoms with Crippen molar-refractivity contribution in [3.05, 3.63) is 35.4 Å². The van der Waals surface area contributed by atoms with Crippen molar-refractivity contribution in [2.75, 3.05) is 13.1 Å². The molecule has 0 aliphatic carbocycles. The molecule has 0 radical (unpaired) electrons. The maximum absolute atomic E-state index is 12.9. The van der Waals surface area contributed by atoms with Crippen molar-refractivity contribution < 1.29 is 13.2 Å². The van der Waals surface area contributed by atoms with Crippen LogP contribution in [-0.4, -0.2) is 13.1 Å². The average molecular weight is 243 g/mol. The van der Waals surface area contributed by atoms with Gasteiger partial charge < -0.3 is 5.32 Å². The van der Waals surface area contributed by atoms with E-state index in [4.69, 9.17) is 0 Å². The highest BCUT2D eigenvalue weighted by molar-refractivity contribution is 5.33. The monoisotopic (exact) mass is 243 g/mol. The normalized spacial score (nSPS) is 25.9. The van der Waals surface area contributed by atoms with E-state index >= 15 is 0 Å². The van der Waals surface area contributed by atoms with Gasteiger partial charge in [-0.3, -0.25) is 0 Å². The minimum atomic E-state index is -4.25. The van der Waals surface area contributed by atoms with Gasteiger partial charge in [-0.05, 0) is 43.0 Å². The molecule has 2 rings (SSSR count). The van der Waals surface area contributed by atoms with Crippen LogP contribution in [0.2, 0.25) is 0 Å². The molecule has 2 atom stereocenters. The Morgan fingerprint density at radius 1 is 1.24 bits per heavy atom. The predicted octanol–water partition coefficient (Wildman–Crippen LogP) is 3.42. The molecule has 1 aliphatic heterocycles. The average Bonchev–Trinajstić information content (AvgIpc) is 2.28. The van der Waals surface area contributed by atoms with Crippen molar-refractivity contribution in [2.24, 2.45) is 5.92 Å². The standard InChI is InChI=1S/C13H16F3N/c1-9-8-17-7-6-10(9)11-4-2-3-5-12(11)13(14,15)16/h2-5,9-10,17H,6-8H2,1H3. The number of hydrogen-bond donors (Lipinski definition) is 1. The highest BCUT2D eigenvalue weighted by atomic mass is 19.4. The van der Waals surface area contributed by atoms with Gasteiger partial charge in [0.05, 0.1) is 5.56 Å². The van der Waals surface area contributed by atoms with E-state index in [1.165, 1.54) is 12.1 Å². The lowest BCUT2D eigenvalue weighted by atomic mass is 9.80. The molecule has 0 aromatic heterocycles. The Morgan fingerprint density at radius 2 is 1.94 bits per heavy atom. The molecule has 1 aromatic carbocycles. The van der Waals surface area contributed by atoms with Crippen LogP contribution in [0.15, 0.2) is 24.3 Å². The second-order valence-electron chi connectivity index (χ2n) is 4.66. The van der Waals surface area contributed by atoms with Crippen LogP contribution in [-0.2, 0) is 6.18 Å². The Labute approximate surface area is 99.0 Å². The third-order valence-electron chi connectivity index (χ3n) is 3.45. The Kier molecular flexibility index (Phi) is 3.43. The molecule has 1 aliphatic rings. The topological polar surface area (TPSA) is 12.0 Å². The van der Waals surface area contributed by atoms with Gasteiger partial charge in [-0.25, -0.2) is 0 Å². The molecule has 0 spiro atoms. The lowest BCUT2D eigenvalue weighted by Crippen LogP contribution is -2.34. The van der Waals surface area contributed by atoms with Gasteiger partial charge in [0.25, 0.3) is 0 Å². The maximum Gasteiger partial charge on any atom is 0.416 e. The van der Waals surface area contributed by atoms with Gasteiger partial charge >= 0.3 is 6.18 Å². The number of piperidine rings is 1. The molecule has 1 nitrogen and oxygen atoms in total. The van der Waals surface area contributed by atoms with E-state index in [-0.39, 0.29) is 11.8 Å². The first kappa shape index (κ1) is 12.4. The van der Waals surface area contributed by atoms with Crippen LogP contribution < -0.4 is 5.32 Å². The van der Waals surface area contributed by atoms with Crippen LogP contribution in [0.5, 0.6) is 0 Å². The van der Waals surface area contributed by atoms with Gasteiger partial charge in [-0.1, -0.05) is 25.1 Å². The number of benzene rings is 1. The lowest BCUT2D eigenvalue weighted by molar-refractivity contribution is -0.138. The van der Waals surface area contributed by atoms with Crippen LogP contribution in [0, 0.1) is 5.92 Å². The van der Waals surface area contributed by atoms with Crippen molar-refractivity contribution in [1.82, 2.24) is 5.32 Å². The molecule has 2 unspecified atom stereocenters. The molecule has 1 aromatic rings. The number of halogens is 3. The smallest absolute Gasteiger partial charge is 0.316 e. The van der Waals surface area contributed by atoms with E-state index in [1.54, 1.807) is 12.1 Å². The van der Waals surface area contributed by atoms with E-state index < -0.39 is 11.7 Å². The highest BCUT2D eigenvalue weighted by Gasteiger charge is 2.36. The zero-order valence-corrected chi connectivity index (χ0v) is 9.72. The number of nitrogens with one attached hydrogen (secondary N) is 1. The summed E-state index contributed by atoms with van der Waals surface area (Å²) in [7, 11) is 0. The van der Waals surface area contributed by atoms with Gasteiger partial charge in [0.1, 0.15) is 0 Å². The summed E-state index contributed by atoms with van der Waals surface area (Å²) in [4.78, 5) is 0. The zero-order valence-electron chi connectivity index (χ0n) is 9.72. The third kappa shape index (κ3) is 2.63. The van der Waals surface area contributed by atoms with Gasteiger partial charge in [0, 0.05) is 0 Å². The molecule has 0 bridgehead atoms. The molecule has 1 saturated heterocycles. The molecule has 1 N–H and O–H groups in total. The first-order chi connectivity index (χ1) is 8.00. The fraction of sp³-hybridized carbons (Fsp3) is 0.538. The van der Waals surface area contributed by atoms with Crippen LogP contribution in [0.1, 0.15) is 30.4 Å². The summed E-state index contributed by atoms with van der Waals surface area (Å²) in [6, 6.07) is 5.96. The van der Waals surface area contributed by atoms with Crippen molar-refractivity contribution in [2.45, 2.75) is 25.4 Å². The number of alkyl halides is 3. The molecule has 1 heterocycles. The largest absolute Gasteiger partial charge is 0.416 e. The summed E-state index contributed by atoms with van der Waals surface area (Å²) in [5, 5.41) is 3.21. The Hall–Kier alpha value is -1.03. The van der Waals surface area contributed by atoms with Crippen LogP contribution in [0.4, 0.5) is 13.2 Å². The van der Waals surface area contributed by atoms with Gasteiger partial charge in [0.2, 0.25) is 0 Å². The third-order valence-corrected chi connectivity index (χ3v) is 3.45. The molecule has 4 heteroatoms. The Bertz CT molecular complexity index is 386. The van der Waals surface area contributed by atoms with Crippen molar-refractivity contribution in [3.8, 4) is 0 Å². The van der Waals surface area contributed by atoms with Crippen molar-refractivity contribution in [1.29, 1.82) is 0 Å². The molecule has 0 amide bonds. The molecule has 17 heavy (non-hydrogen) atoms. The van der Waals surface area contributed by atoms with E-state index in [2.05, 4.69) is 5.32 Å². The minimum Gasteiger partial charge on any atom is -0.316 e. The molecular formula is C13H16F3N. The first-order valence-electron chi connectivity index (χ1n) is 5.87. The van der Waals surface area contributed by atoms with Crippen molar-refractivity contribution >= 4 is 0 Å². The Morgan fingerprint density at radius 3 is 2.59 bits per heavy atom. The van der Waals surface area contributed by atoms with E-state index in [1.807, 2.05) is 6.92 Å². The summed E-state index contributed by atoms with van der Waals surface area (Å²) in [5.74, 6) is 0.251. The SMILES string of the molecule is CC1CNCCC1c1ccccc1C(F)(F)F. The lowest BCUT2D eigenvalue weighted by Gasteiger charge is -2.31. The van der Waals surface area contributed by atoms with Crippen LogP contribution in [0.3, 0.4) is 0 Å². The first-order valence-corrected chi connectivity index (χ1v) is 5.87. The van der Waals surface area contributed by atoms with E-state index in [0.29, 0.717) is 5.56 Å². The Balaban J connectivity index is 2.37. The molecule has 1 fully saturated rings. The summed E-state index contributed by atoms with van der Waals surface area (Å²) in [5.41, 5.74) is -0.0206. The summed E-state index contributed by atoms with van der Waals surface area (Å²) in [6.45, 7) is 3.59. The van der Waals surface area contributed by atoms with Gasteiger partial charge in [0.15, 0.2) is 0 Å². The molecule has 94 valence electrons. The summed E-state index contributed by atoms with van der Waals surface area (Å²) in [6.07, 6.45) is -3.48. The second kappa shape index (κ2) is 4.69. The number of hydrogen-bond acceptors (Lipinski definition) is 1. The van der Waals surface area contributed by atoms with E-state index in [0.717, 1.165) is 19.5 Å². The molecular weight excluding hydrogens is 227 g/mol. The predicted molar refractivity (Wildman–Crippen MR) is 60.8 cm³/mol. The summed E-state index contributed by atoms with van der Waals surface area (Å²) < 4.78 is 38.7. The van der Waals surface area contributed by atoms with Gasteiger partial charge in [-0.2, -0.15) is 13.2 Å². The van der Waals surface area contributed by atoms with Crippen LogP contribution >= 0.6 is 0 Å². The molecule has 0 saturated carbocycles. The quantitative estimate of drug-likeness (QED) is 0.797. The maximum atomic E-state index is 12.9. The fourth-order valence-corrected chi connectivity index (χ4v) is 2.55. The van der Waals surface area contributed by atoms with E-state index in [9.17, 15) is 13.2 Å². The van der Waals surface area contributed by atoms with Gasteiger partial charge in [-0.15, -0.1) is 0 Å². The highest BCUT2D eigenvalue weighted by Crippen LogP contribution is 2.39. The zero-order chi connectivity index (χ0) is 12.5. The van der Waals surface area contributed by atoms with Crippen LogP contribution in [0.25, 0.3) is 0 Å². The minimum absolute atomic E-state index is 0.00840. The summed E-state index contributed by atoms with van der Waals surface area (Å²) >= 11 is 0. The fourth-order valence-electron chi connectivity index (χ4n) is 2.55. The second-order valence-corrected chi connectivity index (χ2v) is 4.66. The van der Waals surface area contributed by atoms with Crippen molar-refractivity contribution in [3.63, 3.8) is 0 Å². The number of rotatable bonds is 1.